The average Bonchev–Trinajstić information content (AvgIpc) is 2.56. The van der Waals surface area contributed by atoms with Crippen molar-refractivity contribution >= 4 is 42.2 Å². The maximum Gasteiger partial charge on any atom is 0.329 e. The van der Waals surface area contributed by atoms with Crippen molar-refractivity contribution in [3.05, 3.63) is 39.5 Å². The van der Waals surface area contributed by atoms with Gasteiger partial charge in [0, 0.05) is 18.5 Å². The first-order valence-corrected chi connectivity index (χ1v) is 12.4. The minimum Gasteiger partial charge on any atom is -0.417 e. The number of unbranched alkanes of at least 4 members (excludes halogenated alkanes) is 1. The summed E-state index contributed by atoms with van der Waals surface area (Å²) in [6.45, 7) is 12.4. The quantitative estimate of drug-likeness (QED) is 0.190. The molecule has 6 nitrogen and oxygen atoms in total. The van der Waals surface area contributed by atoms with Crippen LogP contribution >= 0.6 is 11.6 Å². The molecule has 0 spiro atoms. The Morgan fingerprint density at radius 3 is 2.56 bits per heavy atom. The van der Waals surface area contributed by atoms with Crippen LogP contribution in [0, 0.1) is 10.1 Å². The van der Waals surface area contributed by atoms with Crippen LogP contribution in [-0.2, 0) is 4.43 Å². The highest BCUT2D eigenvalue weighted by atomic mass is 35.5. The average molecular weight is 410 g/mol. The van der Waals surface area contributed by atoms with E-state index in [4.69, 9.17) is 16.0 Å². The zero-order chi connectivity index (χ0) is 20.2. The van der Waals surface area contributed by atoms with Gasteiger partial charge in [-0.2, -0.15) is 0 Å². The molecule has 148 valence electrons. The van der Waals surface area contributed by atoms with Crippen molar-refractivity contribution in [1.29, 1.82) is 0 Å². The van der Waals surface area contributed by atoms with Crippen LogP contribution in [-0.4, -0.2) is 31.4 Å². The van der Waals surface area contributed by atoms with E-state index in [0.29, 0.717) is 29.7 Å². The number of anilines is 1. The molecule has 8 heteroatoms. The second-order valence-corrected chi connectivity index (χ2v) is 13.3. The number of nitrogens with zero attached hydrogens (tertiary/aromatic N) is 2. The van der Waals surface area contributed by atoms with Crippen LogP contribution in [0.1, 0.15) is 33.6 Å². The summed E-state index contributed by atoms with van der Waals surface area (Å²) in [5, 5.41) is 15.4. The number of hydrogen-bond donors (Lipinski definition) is 1. The maximum atomic E-state index is 11.5. The number of hydrogen-bond acceptors (Lipinski definition) is 5. The number of rotatable bonds is 8. The second kappa shape index (κ2) is 8.54. The van der Waals surface area contributed by atoms with Gasteiger partial charge < -0.3 is 9.74 Å². The lowest BCUT2D eigenvalue weighted by atomic mass is 10.1. The van der Waals surface area contributed by atoms with Crippen LogP contribution in [0.5, 0.6) is 0 Å². The fourth-order valence-electron chi connectivity index (χ4n) is 2.50. The lowest BCUT2D eigenvalue weighted by Gasteiger charge is -2.36. The smallest absolute Gasteiger partial charge is 0.329 e. The molecule has 0 saturated carbocycles. The van der Waals surface area contributed by atoms with Crippen LogP contribution in [0.4, 0.5) is 11.4 Å². The Labute approximate surface area is 166 Å². The van der Waals surface area contributed by atoms with Gasteiger partial charge in [0.2, 0.25) is 5.15 Å². The molecule has 2 aromatic rings. The third-order valence-electron chi connectivity index (χ3n) is 5.15. The molecule has 0 fully saturated rings. The predicted octanol–water partition coefficient (Wildman–Crippen LogP) is 6.01. The van der Waals surface area contributed by atoms with Crippen molar-refractivity contribution in [2.24, 2.45) is 0 Å². The summed E-state index contributed by atoms with van der Waals surface area (Å²) in [7, 11) is -1.73. The summed E-state index contributed by atoms with van der Waals surface area (Å²) < 4.78 is 6.17. The number of halogens is 1. The van der Waals surface area contributed by atoms with Gasteiger partial charge in [-0.25, -0.2) is 4.98 Å². The van der Waals surface area contributed by atoms with E-state index in [1.807, 2.05) is 18.2 Å². The standard InChI is InChI=1S/C19H28ClN3O3Si/c1-19(2,3)27(4,5)26-13-9-8-12-21-16-14-10-6-7-11-15(14)22-18(20)17(16)23(24)25/h6-7,10-11H,8-9,12-13H2,1-5H3,(H,21,22). The third-order valence-corrected chi connectivity index (χ3v) is 9.95. The van der Waals surface area contributed by atoms with E-state index in [1.165, 1.54) is 0 Å². The largest absolute Gasteiger partial charge is 0.417 e. The zero-order valence-corrected chi connectivity index (χ0v) is 18.4. The Balaban J connectivity index is 2.01. The van der Waals surface area contributed by atoms with Crippen molar-refractivity contribution in [3.63, 3.8) is 0 Å². The first-order chi connectivity index (χ1) is 12.5. The van der Waals surface area contributed by atoms with Gasteiger partial charge in [0.25, 0.3) is 0 Å². The molecule has 27 heavy (non-hydrogen) atoms. The van der Waals surface area contributed by atoms with Crippen molar-refractivity contribution < 1.29 is 9.35 Å². The highest BCUT2D eigenvalue weighted by Crippen LogP contribution is 2.38. The second-order valence-electron chi connectivity index (χ2n) is 8.14. The van der Waals surface area contributed by atoms with Crippen molar-refractivity contribution in [1.82, 2.24) is 4.98 Å². The number of nitrogens with one attached hydrogen (secondary N) is 1. The van der Waals surface area contributed by atoms with Gasteiger partial charge >= 0.3 is 5.69 Å². The van der Waals surface area contributed by atoms with E-state index in [1.54, 1.807) is 6.07 Å². The van der Waals surface area contributed by atoms with Gasteiger partial charge in [-0.15, -0.1) is 0 Å². The van der Waals surface area contributed by atoms with Crippen LogP contribution in [0.2, 0.25) is 23.3 Å². The number of para-hydroxylation sites is 1. The maximum absolute atomic E-state index is 11.5. The summed E-state index contributed by atoms with van der Waals surface area (Å²) >= 11 is 6.05. The Morgan fingerprint density at radius 2 is 1.93 bits per heavy atom. The van der Waals surface area contributed by atoms with E-state index in [-0.39, 0.29) is 15.9 Å². The number of aromatic nitrogens is 1. The van der Waals surface area contributed by atoms with Crippen LogP contribution in [0.15, 0.2) is 24.3 Å². The zero-order valence-electron chi connectivity index (χ0n) is 16.6. The summed E-state index contributed by atoms with van der Waals surface area (Å²) in [5.41, 5.74) is 0.894. The van der Waals surface area contributed by atoms with Crippen molar-refractivity contribution in [2.45, 2.75) is 51.7 Å². The molecule has 0 aliphatic heterocycles. The van der Waals surface area contributed by atoms with Gasteiger partial charge in [0.1, 0.15) is 5.69 Å². The Morgan fingerprint density at radius 1 is 1.26 bits per heavy atom. The Bertz CT molecular complexity index is 822. The molecule has 0 unspecified atom stereocenters. The SMILES string of the molecule is CC(C)(C)[Si](C)(C)OCCCCNc1c([N+](=O)[O-])c(Cl)nc2ccccc12. The van der Waals surface area contributed by atoms with Gasteiger partial charge in [-0.05, 0) is 37.0 Å². The van der Waals surface area contributed by atoms with Gasteiger partial charge in [0.05, 0.1) is 10.4 Å². The van der Waals surface area contributed by atoms with E-state index >= 15 is 0 Å². The fraction of sp³-hybridized carbons (Fsp3) is 0.526. The van der Waals surface area contributed by atoms with Crippen LogP contribution < -0.4 is 5.32 Å². The highest BCUT2D eigenvalue weighted by molar-refractivity contribution is 6.74. The lowest BCUT2D eigenvalue weighted by Crippen LogP contribution is -2.41. The molecule has 1 N–H and O–H groups in total. The molecule has 0 aliphatic rings. The molecule has 1 aromatic carbocycles. The summed E-state index contributed by atoms with van der Waals surface area (Å²) in [4.78, 5) is 15.1. The van der Waals surface area contributed by atoms with Crippen LogP contribution in [0.25, 0.3) is 10.9 Å². The topological polar surface area (TPSA) is 77.3 Å². The molecule has 0 saturated heterocycles. The number of benzene rings is 1. The summed E-state index contributed by atoms with van der Waals surface area (Å²) in [6, 6.07) is 7.27. The van der Waals surface area contributed by atoms with E-state index in [2.05, 4.69) is 44.2 Å². The molecule has 0 bridgehead atoms. The van der Waals surface area contributed by atoms with E-state index in [0.717, 1.165) is 12.8 Å². The van der Waals surface area contributed by atoms with Gasteiger partial charge in [-0.1, -0.05) is 50.6 Å². The summed E-state index contributed by atoms with van der Waals surface area (Å²) in [6.07, 6.45) is 1.74. The lowest BCUT2D eigenvalue weighted by molar-refractivity contribution is -0.384. The van der Waals surface area contributed by atoms with Gasteiger partial charge in [0.15, 0.2) is 8.32 Å². The molecular weight excluding hydrogens is 382 g/mol. The monoisotopic (exact) mass is 409 g/mol. The minimum absolute atomic E-state index is 0.0949. The number of fused-ring (bicyclic) bond motifs is 1. The summed E-state index contributed by atoms with van der Waals surface area (Å²) in [5.74, 6) is 0. The molecule has 1 aromatic heterocycles. The van der Waals surface area contributed by atoms with E-state index in [9.17, 15) is 10.1 Å². The molecule has 1 heterocycles. The first kappa shape index (κ1) is 21.6. The number of nitro groups is 1. The molecule has 0 atom stereocenters. The van der Waals surface area contributed by atoms with Crippen molar-refractivity contribution in [3.8, 4) is 0 Å². The van der Waals surface area contributed by atoms with Crippen LogP contribution in [0.3, 0.4) is 0 Å². The molecule has 0 radical (unpaired) electrons. The highest BCUT2D eigenvalue weighted by Gasteiger charge is 2.36. The normalized spacial score (nSPS) is 12.4. The molecule has 0 aliphatic carbocycles. The third kappa shape index (κ3) is 5.18. The fourth-order valence-corrected chi connectivity index (χ4v) is 3.84. The minimum atomic E-state index is -1.73. The van der Waals surface area contributed by atoms with Crippen molar-refractivity contribution in [2.75, 3.05) is 18.5 Å². The molecule has 0 amide bonds. The van der Waals surface area contributed by atoms with E-state index < -0.39 is 13.2 Å². The Kier molecular flexibility index (Phi) is 6.83. The van der Waals surface area contributed by atoms with Gasteiger partial charge in [-0.3, -0.25) is 10.1 Å². The first-order valence-electron chi connectivity index (χ1n) is 9.15. The molecular formula is C19H28ClN3O3Si. The number of pyridine rings is 1. The molecule has 2 rings (SSSR count). The predicted molar refractivity (Wildman–Crippen MR) is 114 cm³/mol. The Hall–Kier alpha value is -1.70.